The number of carbonyl (C=O) groups is 2. The van der Waals surface area contributed by atoms with Crippen molar-refractivity contribution in [1.82, 2.24) is 5.32 Å². The van der Waals surface area contributed by atoms with Crippen molar-refractivity contribution in [1.29, 1.82) is 0 Å². The van der Waals surface area contributed by atoms with Gasteiger partial charge in [-0.25, -0.2) is 8.42 Å². The predicted molar refractivity (Wildman–Crippen MR) is 98.7 cm³/mol. The molecule has 144 valence electrons. The largest absolute Gasteiger partial charge is 0.481 e. The van der Waals surface area contributed by atoms with Crippen molar-refractivity contribution in [3.8, 4) is 0 Å². The molecular formula is C19H27NO5S. The van der Waals surface area contributed by atoms with E-state index in [0.29, 0.717) is 18.4 Å². The highest BCUT2D eigenvalue weighted by molar-refractivity contribution is 7.93. The molecule has 1 aromatic rings. The van der Waals surface area contributed by atoms with Crippen LogP contribution in [-0.2, 0) is 19.4 Å². The highest BCUT2D eigenvalue weighted by Crippen LogP contribution is 2.42. The number of hydrogen-bond donors (Lipinski definition) is 2. The van der Waals surface area contributed by atoms with Crippen molar-refractivity contribution in [3.63, 3.8) is 0 Å². The zero-order valence-corrected chi connectivity index (χ0v) is 16.6. The number of carboxylic acid groups (broad SMARTS) is 1. The predicted octanol–water partition coefficient (Wildman–Crippen LogP) is 2.62. The SMILES string of the molecule is Cc1ccc(C)c(S(=O)(=O)C2(C(=O)NCC(C)(C)C(=O)O)CCCC2)c1. The van der Waals surface area contributed by atoms with Crippen LogP contribution < -0.4 is 5.32 Å². The fourth-order valence-electron chi connectivity index (χ4n) is 3.31. The summed E-state index contributed by atoms with van der Waals surface area (Å²) in [6.07, 6.45) is 1.81. The molecule has 1 aliphatic rings. The maximum absolute atomic E-state index is 13.5. The van der Waals surface area contributed by atoms with E-state index in [2.05, 4.69) is 5.32 Å². The Labute approximate surface area is 154 Å². The molecule has 0 radical (unpaired) electrons. The number of benzene rings is 1. The van der Waals surface area contributed by atoms with Gasteiger partial charge in [-0.3, -0.25) is 9.59 Å². The van der Waals surface area contributed by atoms with Crippen molar-refractivity contribution < 1.29 is 23.1 Å². The first-order valence-corrected chi connectivity index (χ1v) is 10.3. The van der Waals surface area contributed by atoms with Crippen LogP contribution in [0.3, 0.4) is 0 Å². The van der Waals surface area contributed by atoms with Gasteiger partial charge in [0.1, 0.15) is 0 Å². The van der Waals surface area contributed by atoms with Gasteiger partial charge in [0.05, 0.1) is 10.3 Å². The van der Waals surface area contributed by atoms with Gasteiger partial charge in [0.25, 0.3) is 0 Å². The zero-order chi connectivity index (χ0) is 19.8. The Morgan fingerprint density at radius 3 is 2.31 bits per heavy atom. The lowest BCUT2D eigenvalue weighted by atomic mass is 9.93. The third kappa shape index (κ3) is 3.49. The summed E-state index contributed by atoms with van der Waals surface area (Å²) >= 11 is 0. The van der Waals surface area contributed by atoms with Crippen molar-refractivity contribution in [2.24, 2.45) is 5.41 Å². The Morgan fingerprint density at radius 2 is 1.77 bits per heavy atom. The number of amides is 1. The van der Waals surface area contributed by atoms with Gasteiger partial charge in [-0.2, -0.15) is 0 Å². The molecule has 7 heteroatoms. The van der Waals surface area contributed by atoms with Crippen LogP contribution in [0.25, 0.3) is 0 Å². The Hall–Kier alpha value is -1.89. The molecule has 1 fully saturated rings. The Kier molecular flexibility index (Phi) is 5.52. The van der Waals surface area contributed by atoms with Crippen LogP contribution in [0.4, 0.5) is 0 Å². The Bertz CT molecular complexity index is 820. The monoisotopic (exact) mass is 381 g/mol. The van der Waals surface area contributed by atoms with Crippen molar-refractivity contribution in [3.05, 3.63) is 29.3 Å². The van der Waals surface area contributed by atoms with Crippen molar-refractivity contribution >= 4 is 21.7 Å². The summed E-state index contributed by atoms with van der Waals surface area (Å²) in [5.74, 6) is -1.64. The van der Waals surface area contributed by atoms with Gasteiger partial charge in [0.2, 0.25) is 5.91 Å². The van der Waals surface area contributed by atoms with E-state index in [1.807, 2.05) is 13.0 Å². The molecule has 1 aromatic carbocycles. The third-order valence-corrected chi connectivity index (χ3v) is 7.88. The van der Waals surface area contributed by atoms with E-state index in [1.165, 1.54) is 13.8 Å². The van der Waals surface area contributed by atoms with Crippen molar-refractivity contribution in [2.75, 3.05) is 6.54 Å². The molecule has 26 heavy (non-hydrogen) atoms. The van der Waals surface area contributed by atoms with Crippen LogP contribution in [0, 0.1) is 19.3 Å². The first kappa shape index (κ1) is 20.4. The smallest absolute Gasteiger partial charge is 0.310 e. The minimum absolute atomic E-state index is 0.120. The molecule has 0 heterocycles. The number of rotatable bonds is 6. The molecule has 0 aliphatic heterocycles. The average molecular weight is 381 g/mol. The number of carbonyl (C=O) groups excluding carboxylic acids is 1. The molecular weight excluding hydrogens is 354 g/mol. The van der Waals surface area contributed by atoms with Gasteiger partial charge in [0.15, 0.2) is 14.6 Å². The molecule has 2 rings (SSSR count). The maximum Gasteiger partial charge on any atom is 0.310 e. The molecule has 0 atom stereocenters. The van der Waals surface area contributed by atoms with Gasteiger partial charge < -0.3 is 10.4 Å². The molecule has 1 saturated carbocycles. The topological polar surface area (TPSA) is 101 Å². The number of hydrogen-bond acceptors (Lipinski definition) is 4. The summed E-state index contributed by atoms with van der Waals surface area (Å²) in [4.78, 5) is 24.4. The number of carboxylic acids is 1. The lowest BCUT2D eigenvalue weighted by Crippen LogP contribution is -2.53. The van der Waals surface area contributed by atoms with Crippen LogP contribution in [0.2, 0.25) is 0 Å². The number of aliphatic carboxylic acids is 1. The molecule has 0 aromatic heterocycles. The summed E-state index contributed by atoms with van der Waals surface area (Å²) in [7, 11) is -3.90. The second kappa shape index (κ2) is 7.02. The Morgan fingerprint density at radius 1 is 1.19 bits per heavy atom. The molecule has 0 spiro atoms. The maximum atomic E-state index is 13.5. The van der Waals surface area contributed by atoms with E-state index in [-0.39, 0.29) is 24.3 Å². The van der Waals surface area contributed by atoms with Crippen LogP contribution >= 0.6 is 0 Å². The summed E-state index contributed by atoms with van der Waals surface area (Å²) in [6.45, 7) is 6.41. The number of nitrogens with one attached hydrogen (secondary N) is 1. The molecule has 1 amide bonds. The van der Waals surface area contributed by atoms with Crippen LogP contribution in [0.1, 0.15) is 50.7 Å². The Balaban J connectivity index is 2.42. The van der Waals surface area contributed by atoms with Crippen LogP contribution in [0.15, 0.2) is 23.1 Å². The first-order chi connectivity index (χ1) is 11.9. The molecule has 0 unspecified atom stereocenters. The minimum atomic E-state index is -3.90. The van der Waals surface area contributed by atoms with Gasteiger partial charge in [-0.05, 0) is 57.7 Å². The summed E-state index contributed by atoms with van der Waals surface area (Å²) < 4.78 is 25.4. The molecule has 0 bridgehead atoms. The van der Waals surface area contributed by atoms with E-state index >= 15 is 0 Å². The summed E-state index contributed by atoms with van der Waals surface area (Å²) in [5, 5.41) is 11.8. The van der Waals surface area contributed by atoms with Gasteiger partial charge >= 0.3 is 5.97 Å². The van der Waals surface area contributed by atoms with Gasteiger partial charge in [-0.1, -0.05) is 25.0 Å². The van der Waals surface area contributed by atoms with Crippen molar-refractivity contribution in [2.45, 2.75) is 63.0 Å². The fraction of sp³-hybridized carbons (Fsp3) is 0.579. The summed E-state index contributed by atoms with van der Waals surface area (Å²) in [5.41, 5.74) is 0.258. The second-order valence-electron chi connectivity index (χ2n) is 7.85. The molecule has 2 N–H and O–H groups in total. The normalized spacial score (nSPS) is 17.1. The highest BCUT2D eigenvalue weighted by atomic mass is 32.2. The molecule has 0 saturated heterocycles. The first-order valence-electron chi connectivity index (χ1n) is 8.78. The standard InChI is InChI=1S/C19H27NO5S/c1-13-7-8-14(2)15(11-13)26(24,25)19(9-5-6-10-19)16(21)20-12-18(3,4)17(22)23/h7-8,11H,5-6,9-10,12H2,1-4H3,(H,20,21)(H,22,23). The molecule has 6 nitrogen and oxygen atoms in total. The van der Waals surface area contributed by atoms with E-state index in [4.69, 9.17) is 0 Å². The van der Waals surface area contributed by atoms with Crippen LogP contribution in [0.5, 0.6) is 0 Å². The minimum Gasteiger partial charge on any atom is -0.481 e. The van der Waals surface area contributed by atoms with E-state index in [1.54, 1.807) is 19.1 Å². The van der Waals surface area contributed by atoms with E-state index in [9.17, 15) is 23.1 Å². The lowest BCUT2D eigenvalue weighted by Gasteiger charge is -2.30. The zero-order valence-electron chi connectivity index (χ0n) is 15.8. The van der Waals surface area contributed by atoms with Gasteiger partial charge in [-0.15, -0.1) is 0 Å². The van der Waals surface area contributed by atoms with Crippen LogP contribution in [-0.4, -0.2) is 36.7 Å². The number of sulfone groups is 1. The highest BCUT2D eigenvalue weighted by Gasteiger charge is 2.53. The fourth-order valence-corrected chi connectivity index (χ4v) is 5.71. The average Bonchev–Trinajstić information content (AvgIpc) is 3.06. The number of aryl methyl sites for hydroxylation is 2. The lowest BCUT2D eigenvalue weighted by molar-refractivity contribution is -0.146. The van der Waals surface area contributed by atoms with Gasteiger partial charge in [0, 0.05) is 6.54 Å². The van der Waals surface area contributed by atoms with E-state index < -0.39 is 31.9 Å². The third-order valence-electron chi connectivity index (χ3n) is 5.24. The molecule has 1 aliphatic carbocycles. The second-order valence-corrected chi connectivity index (χ2v) is 10.1. The van der Waals surface area contributed by atoms with E-state index in [0.717, 1.165) is 5.56 Å². The quantitative estimate of drug-likeness (QED) is 0.789. The summed E-state index contributed by atoms with van der Waals surface area (Å²) in [6, 6.07) is 5.20.